The van der Waals surface area contributed by atoms with E-state index in [1.54, 1.807) is 12.3 Å². The molecule has 1 aliphatic rings. The number of piperazine rings is 1. The number of hydrogen-bond donors (Lipinski definition) is 1. The molecule has 0 unspecified atom stereocenters. The molecule has 0 bridgehead atoms. The Bertz CT molecular complexity index is 1080. The van der Waals surface area contributed by atoms with Gasteiger partial charge in [-0.15, -0.1) is 0 Å². The minimum atomic E-state index is -0.0466. The van der Waals surface area contributed by atoms with Gasteiger partial charge >= 0.3 is 0 Å². The van der Waals surface area contributed by atoms with Gasteiger partial charge in [0.25, 0.3) is 0 Å². The van der Waals surface area contributed by atoms with Crippen molar-refractivity contribution in [2.45, 2.75) is 32.7 Å². The molecule has 4 rings (SSSR count). The molecule has 1 fully saturated rings. The average molecular weight is 483 g/mol. The lowest BCUT2D eigenvalue weighted by molar-refractivity contribution is -0.116. The van der Waals surface area contributed by atoms with E-state index >= 15 is 0 Å². The first-order valence-corrected chi connectivity index (χ1v) is 13.1. The number of carbonyl (C=O) groups excluding carboxylic acids is 1. The number of unbranched alkanes of at least 4 members (excludes halogenated alkanes) is 1. The van der Waals surface area contributed by atoms with Crippen molar-refractivity contribution in [2.75, 3.05) is 39.3 Å². The summed E-state index contributed by atoms with van der Waals surface area (Å²) in [5, 5.41) is 3.00. The maximum Gasteiger partial charge on any atom is 0.243 e. The second-order valence-electron chi connectivity index (χ2n) is 9.60. The lowest BCUT2D eigenvalue weighted by atomic mass is 9.96. The first kappa shape index (κ1) is 25.8. The van der Waals surface area contributed by atoms with Crippen molar-refractivity contribution < 1.29 is 4.79 Å². The SMILES string of the molecule is Cc1cc(/C=C/C(=O)NCCCCN2CCN(C(c3ccccc3)c3ccccc3)CC2)cnc1C. The van der Waals surface area contributed by atoms with Crippen LogP contribution >= 0.6 is 0 Å². The Kier molecular flexibility index (Phi) is 9.42. The molecular formula is C31H38N4O. The molecule has 0 spiro atoms. The van der Waals surface area contributed by atoms with E-state index in [9.17, 15) is 4.79 Å². The number of amides is 1. The van der Waals surface area contributed by atoms with Gasteiger partial charge in [-0.05, 0) is 67.6 Å². The molecule has 188 valence electrons. The first-order chi connectivity index (χ1) is 17.6. The summed E-state index contributed by atoms with van der Waals surface area (Å²) in [7, 11) is 0. The summed E-state index contributed by atoms with van der Waals surface area (Å²) in [5.74, 6) is -0.0466. The van der Waals surface area contributed by atoms with Crippen molar-refractivity contribution in [1.82, 2.24) is 20.1 Å². The highest BCUT2D eigenvalue weighted by molar-refractivity contribution is 5.91. The molecule has 1 N–H and O–H groups in total. The third kappa shape index (κ3) is 7.36. The molecular weight excluding hydrogens is 444 g/mol. The fourth-order valence-corrected chi connectivity index (χ4v) is 4.79. The summed E-state index contributed by atoms with van der Waals surface area (Å²) in [6.45, 7) is 10.1. The summed E-state index contributed by atoms with van der Waals surface area (Å²) < 4.78 is 0. The molecule has 1 amide bonds. The van der Waals surface area contributed by atoms with Crippen LogP contribution in [0.2, 0.25) is 0 Å². The van der Waals surface area contributed by atoms with Crippen molar-refractivity contribution in [3.63, 3.8) is 0 Å². The fraction of sp³-hybridized carbons (Fsp3) is 0.355. The van der Waals surface area contributed by atoms with Gasteiger partial charge in [0.2, 0.25) is 5.91 Å². The Labute approximate surface area is 215 Å². The Balaban J connectivity index is 1.17. The van der Waals surface area contributed by atoms with Gasteiger partial charge in [0.1, 0.15) is 0 Å². The van der Waals surface area contributed by atoms with Gasteiger partial charge < -0.3 is 10.2 Å². The van der Waals surface area contributed by atoms with Gasteiger partial charge in [0.05, 0.1) is 6.04 Å². The van der Waals surface area contributed by atoms with E-state index in [-0.39, 0.29) is 5.91 Å². The summed E-state index contributed by atoms with van der Waals surface area (Å²) in [6, 6.07) is 24.0. The highest BCUT2D eigenvalue weighted by atomic mass is 16.1. The van der Waals surface area contributed by atoms with Crippen molar-refractivity contribution in [2.24, 2.45) is 0 Å². The molecule has 5 heteroatoms. The minimum absolute atomic E-state index is 0.0466. The summed E-state index contributed by atoms with van der Waals surface area (Å²) in [5.41, 5.74) is 5.82. The van der Waals surface area contributed by atoms with E-state index in [2.05, 4.69) is 80.8 Å². The second kappa shape index (κ2) is 13.1. The lowest BCUT2D eigenvalue weighted by Gasteiger charge is -2.39. The molecule has 1 aromatic heterocycles. The number of aryl methyl sites for hydroxylation is 2. The van der Waals surface area contributed by atoms with Crippen LogP contribution in [0.3, 0.4) is 0 Å². The molecule has 3 aromatic rings. The zero-order valence-corrected chi connectivity index (χ0v) is 21.6. The van der Waals surface area contributed by atoms with Crippen molar-refractivity contribution in [3.8, 4) is 0 Å². The van der Waals surface area contributed by atoms with Crippen LogP contribution in [-0.2, 0) is 4.79 Å². The first-order valence-electron chi connectivity index (χ1n) is 13.1. The minimum Gasteiger partial charge on any atom is -0.353 e. The van der Waals surface area contributed by atoms with E-state index in [0.29, 0.717) is 12.6 Å². The highest BCUT2D eigenvalue weighted by Gasteiger charge is 2.26. The Morgan fingerprint density at radius 3 is 2.19 bits per heavy atom. The van der Waals surface area contributed by atoms with E-state index in [1.165, 1.54) is 11.1 Å². The maximum atomic E-state index is 12.1. The lowest BCUT2D eigenvalue weighted by Crippen LogP contribution is -2.48. The number of aromatic nitrogens is 1. The van der Waals surface area contributed by atoms with Crippen LogP contribution in [0.25, 0.3) is 6.08 Å². The number of pyridine rings is 1. The van der Waals surface area contributed by atoms with Crippen LogP contribution in [0.1, 0.15) is 46.8 Å². The monoisotopic (exact) mass is 482 g/mol. The second-order valence-corrected chi connectivity index (χ2v) is 9.60. The molecule has 0 aliphatic carbocycles. The van der Waals surface area contributed by atoms with Gasteiger partial charge in [-0.2, -0.15) is 0 Å². The van der Waals surface area contributed by atoms with Crippen LogP contribution in [0.4, 0.5) is 0 Å². The number of nitrogens with one attached hydrogen (secondary N) is 1. The van der Waals surface area contributed by atoms with Crippen LogP contribution in [0, 0.1) is 13.8 Å². The molecule has 2 heterocycles. The molecule has 0 atom stereocenters. The van der Waals surface area contributed by atoms with E-state index < -0.39 is 0 Å². The smallest absolute Gasteiger partial charge is 0.243 e. The van der Waals surface area contributed by atoms with Gasteiger partial charge in [0, 0.05) is 50.7 Å². The van der Waals surface area contributed by atoms with Crippen LogP contribution in [-0.4, -0.2) is 60.0 Å². The van der Waals surface area contributed by atoms with Crippen molar-refractivity contribution in [1.29, 1.82) is 0 Å². The van der Waals surface area contributed by atoms with E-state index in [1.807, 2.05) is 26.0 Å². The van der Waals surface area contributed by atoms with Gasteiger partial charge in [-0.3, -0.25) is 14.7 Å². The third-order valence-electron chi connectivity index (χ3n) is 6.99. The summed E-state index contributed by atoms with van der Waals surface area (Å²) >= 11 is 0. The zero-order valence-electron chi connectivity index (χ0n) is 21.6. The molecule has 36 heavy (non-hydrogen) atoms. The van der Waals surface area contributed by atoms with Gasteiger partial charge in [0.15, 0.2) is 0 Å². The van der Waals surface area contributed by atoms with Gasteiger partial charge in [-0.25, -0.2) is 0 Å². The topological polar surface area (TPSA) is 48.5 Å². The van der Waals surface area contributed by atoms with E-state index in [0.717, 1.165) is 62.4 Å². The van der Waals surface area contributed by atoms with Crippen LogP contribution in [0.15, 0.2) is 79.0 Å². The largest absolute Gasteiger partial charge is 0.353 e. The number of nitrogens with zero attached hydrogens (tertiary/aromatic N) is 3. The molecule has 1 aliphatic heterocycles. The predicted octanol–water partition coefficient (Wildman–Crippen LogP) is 5.02. The molecule has 1 saturated heterocycles. The number of carbonyl (C=O) groups is 1. The van der Waals surface area contributed by atoms with Crippen LogP contribution < -0.4 is 5.32 Å². The predicted molar refractivity (Wildman–Crippen MR) is 148 cm³/mol. The van der Waals surface area contributed by atoms with Gasteiger partial charge in [-0.1, -0.05) is 60.7 Å². The quantitative estimate of drug-likeness (QED) is 0.326. The Morgan fingerprint density at radius 1 is 0.944 bits per heavy atom. The molecule has 5 nitrogen and oxygen atoms in total. The third-order valence-corrected chi connectivity index (χ3v) is 6.99. The molecule has 0 saturated carbocycles. The molecule has 2 aromatic carbocycles. The summed E-state index contributed by atoms with van der Waals surface area (Å²) in [6.07, 6.45) is 7.30. The van der Waals surface area contributed by atoms with Crippen molar-refractivity contribution in [3.05, 3.63) is 107 Å². The van der Waals surface area contributed by atoms with Crippen molar-refractivity contribution >= 4 is 12.0 Å². The Hall–Kier alpha value is -3.28. The average Bonchev–Trinajstić information content (AvgIpc) is 2.91. The normalized spacial score (nSPS) is 15.0. The standard InChI is InChI=1S/C31H38N4O/c1-25-23-27(24-33-26(25)2)15-16-30(36)32-17-9-10-18-34-19-21-35(22-20-34)31(28-11-5-3-6-12-28)29-13-7-4-8-14-29/h3-8,11-16,23-24,31H,9-10,17-22H2,1-2H3,(H,32,36)/b16-15+. The number of benzene rings is 2. The Morgan fingerprint density at radius 2 is 1.58 bits per heavy atom. The maximum absolute atomic E-state index is 12.1. The zero-order chi connectivity index (χ0) is 25.2. The van der Waals surface area contributed by atoms with Crippen LogP contribution in [0.5, 0.6) is 0 Å². The fourth-order valence-electron chi connectivity index (χ4n) is 4.79. The highest BCUT2D eigenvalue weighted by Crippen LogP contribution is 2.29. The van der Waals surface area contributed by atoms with E-state index in [4.69, 9.17) is 0 Å². The molecule has 0 radical (unpaired) electrons. The summed E-state index contributed by atoms with van der Waals surface area (Å²) in [4.78, 5) is 21.6. The number of hydrogen-bond acceptors (Lipinski definition) is 4. The number of rotatable bonds is 10.